The zero-order valence-corrected chi connectivity index (χ0v) is 19.3. The molecule has 0 bridgehead atoms. The first-order valence-corrected chi connectivity index (χ1v) is 11.3. The number of hydrogen-bond donors (Lipinski definition) is 2. The van der Waals surface area contributed by atoms with E-state index in [1.165, 1.54) is 0 Å². The van der Waals surface area contributed by atoms with Crippen LogP contribution in [0, 0.1) is 0 Å². The zero-order valence-electron chi connectivity index (χ0n) is 19.3. The molecule has 1 saturated heterocycles. The van der Waals surface area contributed by atoms with Gasteiger partial charge in [-0.3, -0.25) is 4.90 Å². The number of amides is 3. The Labute approximate surface area is 193 Å². The minimum absolute atomic E-state index is 0.158. The van der Waals surface area contributed by atoms with Crippen molar-refractivity contribution in [2.75, 3.05) is 43.1 Å². The first-order chi connectivity index (χ1) is 16.0. The third-order valence-corrected chi connectivity index (χ3v) is 5.66. The van der Waals surface area contributed by atoms with Gasteiger partial charge in [0.25, 0.3) is 0 Å². The average molecular weight is 455 g/mol. The van der Waals surface area contributed by atoms with Crippen molar-refractivity contribution in [2.24, 2.45) is 0 Å². The van der Waals surface area contributed by atoms with Gasteiger partial charge in [0.1, 0.15) is 5.82 Å². The Morgan fingerprint density at radius 1 is 1.18 bits per heavy atom. The molecule has 0 aliphatic carbocycles. The van der Waals surface area contributed by atoms with Crippen LogP contribution in [0.25, 0.3) is 11.4 Å². The lowest BCUT2D eigenvalue weighted by molar-refractivity contribution is 0.0980. The van der Waals surface area contributed by atoms with Crippen LogP contribution in [-0.2, 0) is 22.6 Å². The highest BCUT2D eigenvalue weighted by molar-refractivity contribution is 5.89. The van der Waals surface area contributed by atoms with Crippen molar-refractivity contribution in [1.29, 1.82) is 0 Å². The average Bonchev–Trinajstić information content (AvgIpc) is 3.24. The maximum Gasteiger partial charge on any atom is 0.410 e. The van der Waals surface area contributed by atoms with E-state index in [9.17, 15) is 9.59 Å². The summed E-state index contributed by atoms with van der Waals surface area (Å²) in [6.45, 7) is 9.41. The number of nitrogens with one attached hydrogen (secondary N) is 2. The lowest BCUT2D eigenvalue weighted by Gasteiger charge is -2.35. The Morgan fingerprint density at radius 3 is 2.67 bits per heavy atom. The highest BCUT2D eigenvalue weighted by Gasteiger charge is 2.33. The third kappa shape index (κ3) is 5.00. The van der Waals surface area contributed by atoms with Gasteiger partial charge in [0.05, 0.1) is 44.6 Å². The first-order valence-electron chi connectivity index (χ1n) is 11.3. The molecule has 0 unspecified atom stereocenters. The summed E-state index contributed by atoms with van der Waals surface area (Å²) in [5, 5.41) is 5.50. The molecule has 10 nitrogen and oxygen atoms in total. The number of anilines is 2. The van der Waals surface area contributed by atoms with Crippen LogP contribution in [0.1, 0.15) is 32.0 Å². The van der Waals surface area contributed by atoms with Gasteiger partial charge in [0.2, 0.25) is 0 Å². The molecule has 0 spiro atoms. The monoisotopic (exact) mass is 454 g/mol. The van der Waals surface area contributed by atoms with Gasteiger partial charge in [-0.15, -0.1) is 0 Å². The smallest absolute Gasteiger partial charge is 0.410 e. The lowest BCUT2D eigenvalue weighted by Crippen LogP contribution is -2.44. The quantitative estimate of drug-likeness (QED) is 0.715. The molecule has 1 atom stereocenters. The molecule has 0 radical (unpaired) electrons. The lowest BCUT2D eigenvalue weighted by atomic mass is 10.1. The molecule has 3 amide bonds. The van der Waals surface area contributed by atoms with Gasteiger partial charge in [0.15, 0.2) is 5.82 Å². The Morgan fingerprint density at radius 2 is 1.97 bits per heavy atom. The van der Waals surface area contributed by atoms with Crippen LogP contribution in [-0.4, -0.2) is 65.9 Å². The number of carbonyl (C=O) groups excluding carboxylic acids is 2. The van der Waals surface area contributed by atoms with E-state index in [0.29, 0.717) is 51.0 Å². The summed E-state index contributed by atoms with van der Waals surface area (Å²) in [7, 11) is 0. The summed E-state index contributed by atoms with van der Waals surface area (Å²) in [4.78, 5) is 37.8. The van der Waals surface area contributed by atoms with Crippen molar-refractivity contribution in [2.45, 2.75) is 39.9 Å². The number of fused-ring (bicyclic) bond motifs is 1. The molecular formula is C23H30N6O4. The molecule has 10 heteroatoms. The van der Waals surface area contributed by atoms with E-state index in [2.05, 4.69) is 22.5 Å². The summed E-state index contributed by atoms with van der Waals surface area (Å²) in [6.07, 6.45) is -0.348. The molecule has 176 valence electrons. The Kier molecular flexibility index (Phi) is 6.93. The fourth-order valence-corrected chi connectivity index (χ4v) is 4.03. The first kappa shape index (κ1) is 22.8. The SMILES string of the molecule is CCNC(=O)Nc1ccc(-c2nc3c(c(N4CCOC[C@@H]4C)n2)CN(C(=O)OCC)C3)cc1. The molecule has 2 aliphatic rings. The summed E-state index contributed by atoms with van der Waals surface area (Å²) < 4.78 is 10.8. The summed E-state index contributed by atoms with van der Waals surface area (Å²) in [6, 6.07) is 7.32. The van der Waals surface area contributed by atoms with E-state index in [1.807, 2.05) is 31.2 Å². The highest BCUT2D eigenvalue weighted by atomic mass is 16.6. The van der Waals surface area contributed by atoms with Gasteiger partial charge >= 0.3 is 12.1 Å². The Bertz CT molecular complexity index is 1010. The molecule has 1 fully saturated rings. The van der Waals surface area contributed by atoms with Crippen LogP contribution >= 0.6 is 0 Å². The fourth-order valence-electron chi connectivity index (χ4n) is 4.03. The maximum absolute atomic E-state index is 12.4. The minimum Gasteiger partial charge on any atom is -0.450 e. The molecule has 33 heavy (non-hydrogen) atoms. The standard InChI is InChI=1S/C23H30N6O4/c1-4-24-22(30)25-17-8-6-16(7-9-17)20-26-19-13-28(23(31)33-5-2)12-18(19)21(27-20)29-10-11-32-14-15(29)3/h6-9,15H,4-5,10-14H2,1-3H3,(H2,24,25,30)/t15-/m0/s1. The second-order valence-electron chi connectivity index (χ2n) is 8.03. The number of ether oxygens (including phenoxy) is 2. The van der Waals surface area contributed by atoms with Crippen LogP contribution in [0.5, 0.6) is 0 Å². The van der Waals surface area contributed by atoms with Crippen molar-refractivity contribution >= 4 is 23.6 Å². The van der Waals surface area contributed by atoms with Crippen LogP contribution in [0.4, 0.5) is 21.1 Å². The van der Waals surface area contributed by atoms with Crippen LogP contribution in [0.3, 0.4) is 0 Å². The van der Waals surface area contributed by atoms with Gasteiger partial charge < -0.3 is 25.0 Å². The number of urea groups is 1. The number of hydrogen-bond acceptors (Lipinski definition) is 7. The zero-order chi connectivity index (χ0) is 23.4. The third-order valence-electron chi connectivity index (χ3n) is 5.66. The van der Waals surface area contributed by atoms with Crippen molar-refractivity contribution in [3.8, 4) is 11.4 Å². The van der Waals surface area contributed by atoms with Crippen molar-refractivity contribution in [3.05, 3.63) is 35.5 Å². The second-order valence-corrected chi connectivity index (χ2v) is 8.03. The van der Waals surface area contributed by atoms with E-state index in [1.54, 1.807) is 11.8 Å². The number of morpholine rings is 1. The van der Waals surface area contributed by atoms with E-state index in [0.717, 1.165) is 29.2 Å². The number of nitrogens with zero attached hydrogens (tertiary/aromatic N) is 4. The minimum atomic E-state index is -0.348. The normalized spacial score (nSPS) is 17.5. The molecule has 1 aromatic heterocycles. The molecule has 2 N–H and O–H groups in total. The van der Waals surface area contributed by atoms with Crippen LogP contribution < -0.4 is 15.5 Å². The largest absolute Gasteiger partial charge is 0.450 e. The van der Waals surface area contributed by atoms with E-state index in [4.69, 9.17) is 19.4 Å². The van der Waals surface area contributed by atoms with E-state index >= 15 is 0 Å². The Balaban J connectivity index is 1.66. The summed E-state index contributed by atoms with van der Waals surface area (Å²) >= 11 is 0. The van der Waals surface area contributed by atoms with Gasteiger partial charge in [-0.25, -0.2) is 19.6 Å². The summed E-state index contributed by atoms with van der Waals surface area (Å²) in [5.41, 5.74) is 3.29. The molecule has 4 rings (SSSR count). The van der Waals surface area contributed by atoms with Crippen molar-refractivity contribution < 1.29 is 19.1 Å². The predicted molar refractivity (Wildman–Crippen MR) is 124 cm³/mol. The second kappa shape index (κ2) is 10.0. The Hall–Kier alpha value is -3.40. The van der Waals surface area contributed by atoms with Gasteiger partial charge in [-0.1, -0.05) is 0 Å². The van der Waals surface area contributed by atoms with Gasteiger partial charge in [-0.05, 0) is 45.0 Å². The number of carbonyl (C=O) groups is 2. The van der Waals surface area contributed by atoms with Gasteiger partial charge in [-0.2, -0.15) is 0 Å². The highest BCUT2D eigenvalue weighted by Crippen LogP contribution is 2.33. The summed E-state index contributed by atoms with van der Waals surface area (Å²) in [5.74, 6) is 1.42. The molecule has 2 aliphatic heterocycles. The van der Waals surface area contributed by atoms with Crippen LogP contribution in [0.15, 0.2) is 24.3 Å². The number of aromatic nitrogens is 2. The van der Waals surface area contributed by atoms with Crippen LogP contribution in [0.2, 0.25) is 0 Å². The van der Waals surface area contributed by atoms with Gasteiger partial charge in [0, 0.05) is 29.9 Å². The molecule has 0 saturated carbocycles. The maximum atomic E-state index is 12.4. The molecule has 2 aromatic rings. The fraction of sp³-hybridized carbons (Fsp3) is 0.478. The molecule has 3 heterocycles. The molecular weight excluding hydrogens is 424 g/mol. The number of benzene rings is 1. The van der Waals surface area contributed by atoms with Crippen molar-refractivity contribution in [1.82, 2.24) is 20.2 Å². The molecule has 1 aromatic carbocycles. The van der Waals surface area contributed by atoms with Crippen molar-refractivity contribution in [3.63, 3.8) is 0 Å². The topological polar surface area (TPSA) is 109 Å². The predicted octanol–water partition coefficient (Wildman–Crippen LogP) is 2.98. The number of rotatable bonds is 5. The van der Waals surface area contributed by atoms with E-state index in [-0.39, 0.29) is 18.2 Å². The van der Waals surface area contributed by atoms with E-state index < -0.39 is 0 Å².